The van der Waals surface area contributed by atoms with E-state index in [0.29, 0.717) is 11.8 Å². The Labute approximate surface area is 143 Å². The Hall–Kier alpha value is -2.60. The Balaban J connectivity index is 1.47. The number of benzene rings is 2. The van der Waals surface area contributed by atoms with Crippen LogP contribution in [0.2, 0.25) is 0 Å². The first-order chi connectivity index (χ1) is 11.9. The molecule has 0 amide bonds. The second-order valence-electron chi connectivity index (χ2n) is 7.01. The Kier molecular flexibility index (Phi) is 3.16. The summed E-state index contributed by atoms with van der Waals surface area (Å²) in [5.41, 5.74) is 8.85. The molecule has 2 aromatic rings. The predicted molar refractivity (Wildman–Crippen MR) is 102 cm³/mol. The van der Waals surface area contributed by atoms with E-state index in [9.17, 15) is 0 Å². The molecule has 0 bridgehead atoms. The lowest BCUT2D eigenvalue weighted by Gasteiger charge is -2.27. The van der Waals surface area contributed by atoms with Gasteiger partial charge in [0.25, 0.3) is 0 Å². The van der Waals surface area contributed by atoms with Crippen LogP contribution in [-0.2, 0) is 12.8 Å². The van der Waals surface area contributed by atoms with Crippen LogP contribution in [0.4, 0.5) is 0 Å². The third-order valence-electron chi connectivity index (χ3n) is 5.57. The predicted octanol–water partition coefficient (Wildman–Crippen LogP) is 5.62. The van der Waals surface area contributed by atoms with Crippen LogP contribution >= 0.6 is 0 Å². The molecule has 0 heteroatoms. The third kappa shape index (κ3) is 2.22. The highest BCUT2D eigenvalue weighted by Gasteiger charge is 2.30. The molecule has 0 spiro atoms. The lowest BCUT2D eigenvalue weighted by Crippen LogP contribution is -2.17. The Morgan fingerprint density at radius 1 is 0.583 bits per heavy atom. The van der Waals surface area contributed by atoms with Gasteiger partial charge in [-0.2, -0.15) is 0 Å². The fourth-order valence-electron chi connectivity index (χ4n) is 4.36. The van der Waals surface area contributed by atoms with Gasteiger partial charge in [-0.3, -0.25) is 0 Å². The molecule has 0 aromatic heterocycles. The molecule has 0 fully saturated rings. The minimum atomic E-state index is 0.489. The molecule has 0 saturated carbocycles. The molecule has 0 saturated heterocycles. The van der Waals surface area contributed by atoms with Crippen molar-refractivity contribution in [3.8, 4) is 0 Å². The highest BCUT2D eigenvalue weighted by Crippen LogP contribution is 2.41. The molecular weight excluding hydrogens is 288 g/mol. The van der Waals surface area contributed by atoms with Crippen LogP contribution in [0.3, 0.4) is 0 Å². The molecule has 0 nitrogen and oxygen atoms in total. The maximum atomic E-state index is 2.42. The fraction of sp³-hybridized carbons (Fsp3) is 0.167. The van der Waals surface area contributed by atoms with Crippen molar-refractivity contribution in [1.29, 1.82) is 0 Å². The van der Waals surface area contributed by atoms with Crippen molar-refractivity contribution in [1.82, 2.24) is 0 Å². The Morgan fingerprint density at radius 3 is 1.50 bits per heavy atom. The van der Waals surface area contributed by atoms with Crippen LogP contribution in [0.5, 0.6) is 0 Å². The van der Waals surface area contributed by atoms with Crippen molar-refractivity contribution in [3.05, 3.63) is 106 Å². The summed E-state index contributed by atoms with van der Waals surface area (Å²) >= 11 is 0. The molecule has 0 radical (unpaired) electrons. The van der Waals surface area contributed by atoms with E-state index in [4.69, 9.17) is 0 Å². The third-order valence-corrected chi connectivity index (χ3v) is 5.57. The van der Waals surface area contributed by atoms with Gasteiger partial charge in [-0.1, -0.05) is 96.1 Å². The zero-order valence-electron chi connectivity index (χ0n) is 13.7. The first-order valence-corrected chi connectivity index (χ1v) is 8.80. The summed E-state index contributed by atoms with van der Waals surface area (Å²) in [5, 5.41) is 0. The molecule has 116 valence electrons. The van der Waals surface area contributed by atoms with Crippen molar-refractivity contribution in [2.45, 2.75) is 12.8 Å². The summed E-state index contributed by atoms with van der Waals surface area (Å²) < 4.78 is 0. The number of hydrogen-bond donors (Lipinski definition) is 0. The highest BCUT2D eigenvalue weighted by molar-refractivity contribution is 5.68. The van der Waals surface area contributed by atoms with Crippen LogP contribution < -0.4 is 0 Å². The van der Waals surface area contributed by atoms with E-state index in [1.807, 2.05) is 0 Å². The Bertz CT molecular complexity index is 843. The SMILES string of the molecule is C1=CC(C2=Cc3ccccc3C2)C(C2=Cc3ccccc3C2)C=C1. The first kappa shape index (κ1) is 13.8. The van der Waals surface area contributed by atoms with E-state index in [1.54, 1.807) is 11.1 Å². The van der Waals surface area contributed by atoms with E-state index in [0.717, 1.165) is 12.8 Å². The van der Waals surface area contributed by atoms with Gasteiger partial charge >= 0.3 is 0 Å². The second-order valence-corrected chi connectivity index (χ2v) is 7.01. The molecule has 5 rings (SSSR count). The standard InChI is InChI=1S/C24H20/c1-2-8-18-14-21(13-17(18)7-1)23-11-5-6-12-24(23)22-15-19-9-3-4-10-20(19)16-22/h1-13,15,23-24H,14,16H2. The van der Waals surface area contributed by atoms with E-state index in [1.165, 1.54) is 22.3 Å². The lowest BCUT2D eigenvalue weighted by atomic mass is 9.77. The molecular formula is C24H20. The number of fused-ring (bicyclic) bond motifs is 2. The molecule has 2 atom stereocenters. The normalized spacial score (nSPS) is 23.7. The van der Waals surface area contributed by atoms with Gasteiger partial charge in [0.05, 0.1) is 0 Å². The molecule has 2 unspecified atom stereocenters. The number of allylic oxidation sites excluding steroid dienone is 6. The summed E-state index contributed by atoms with van der Waals surface area (Å²) in [7, 11) is 0. The highest BCUT2D eigenvalue weighted by atomic mass is 14.3. The minimum absolute atomic E-state index is 0.489. The van der Waals surface area contributed by atoms with Gasteiger partial charge < -0.3 is 0 Å². The first-order valence-electron chi connectivity index (χ1n) is 8.80. The second kappa shape index (κ2) is 5.49. The van der Waals surface area contributed by atoms with Gasteiger partial charge in [-0.05, 0) is 35.1 Å². The Morgan fingerprint density at radius 2 is 1.04 bits per heavy atom. The monoisotopic (exact) mass is 308 g/mol. The van der Waals surface area contributed by atoms with E-state index in [2.05, 4.69) is 85.0 Å². The van der Waals surface area contributed by atoms with Crippen molar-refractivity contribution in [3.63, 3.8) is 0 Å². The molecule has 2 aromatic carbocycles. The number of rotatable bonds is 2. The van der Waals surface area contributed by atoms with Crippen molar-refractivity contribution >= 4 is 12.2 Å². The fourth-order valence-corrected chi connectivity index (χ4v) is 4.36. The van der Waals surface area contributed by atoms with E-state index >= 15 is 0 Å². The van der Waals surface area contributed by atoms with Crippen LogP contribution in [0.1, 0.15) is 22.3 Å². The topological polar surface area (TPSA) is 0 Å². The summed E-state index contributed by atoms with van der Waals surface area (Å²) in [4.78, 5) is 0. The lowest BCUT2D eigenvalue weighted by molar-refractivity contribution is 0.590. The molecule has 0 aliphatic heterocycles. The zero-order chi connectivity index (χ0) is 15.9. The van der Waals surface area contributed by atoms with Gasteiger partial charge in [0.1, 0.15) is 0 Å². The van der Waals surface area contributed by atoms with Crippen LogP contribution in [0.25, 0.3) is 12.2 Å². The molecule has 0 N–H and O–H groups in total. The van der Waals surface area contributed by atoms with Crippen molar-refractivity contribution in [2.75, 3.05) is 0 Å². The smallest absolute Gasteiger partial charge is 0.00871 e. The summed E-state index contributed by atoms with van der Waals surface area (Å²) in [6.07, 6.45) is 16.2. The van der Waals surface area contributed by atoms with Gasteiger partial charge in [0.15, 0.2) is 0 Å². The zero-order valence-corrected chi connectivity index (χ0v) is 13.7. The molecule has 0 heterocycles. The van der Waals surface area contributed by atoms with Crippen LogP contribution in [0, 0.1) is 11.8 Å². The number of hydrogen-bond acceptors (Lipinski definition) is 0. The molecule has 3 aliphatic rings. The van der Waals surface area contributed by atoms with Gasteiger partial charge in [-0.15, -0.1) is 0 Å². The van der Waals surface area contributed by atoms with E-state index in [-0.39, 0.29) is 0 Å². The van der Waals surface area contributed by atoms with Gasteiger partial charge in [-0.25, -0.2) is 0 Å². The average Bonchev–Trinajstić information content (AvgIpc) is 3.25. The van der Waals surface area contributed by atoms with Crippen molar-refractivity contribution < 1.29 is 0 Å². The summed E-state index contributed by atoms with van der Waals surface area (Å²) in [6.45, 7) is 0. The molecule has 24 heavy (non-hydrogen) atoms. The van der Waals surface area contributed by atoms with Gasteiger partial charge in [0.2, 0.25) is 0 Å². The average molecular weight is 308 g/mol. The van der Waals surface area contributed by atoms with Gasteiger partial charge in [0, 0.05) is 11.8 Å². The van der Waals surface area contributed by atoms with Crippen LogP contribution in [-0.4, -0.2) is 0 Å². The largest absolute Gasteiger partial charge is 0.0764 e. The summed E-state index contributed by atoms with van der Waals surface area (Å²) in [5.74, 6) is 0.978. The van der Waals surface area contributed by atoms with Crippen molar-refractivity contribution in [2.24, 2.45) is 11.8 Å². The summed E-state index contributed by atoms with van der Waals surface area (Å²) in [6, 6.07) is 17.6. The quantitative estimate of drug-likeness (QED) is 0.675. The van der Waals surface area contributed by atoms with E-state index < -0.39 is 0 Å². The maximum absolute atomic E-state index is 2.42. The maximum Gasteiger partial charge on any atom is 0.00871 e. The molecule has 3 aliphatic carbocycles. The minimum Gasteiger partial charge on any atom is -0.0764 e. The van der Waals surface area contributed by atoms with Crippen LogP contribution in [0.15, 0.2) is 84.0 Å².